The molecule has 0 aliphatic rings. The molecule has 0 unspecified atom stereocenters. The molecule has 0 saturated heterocycles. The van der Waals surface area contributed by atoms with E-state index in [2.05, 4.69) is 17.2 Å². The van der Waals surface area contributed by atoms with Crippen molar-refractivity contribution >= 4 is 11.4 Å². The van der Waals surface area contributed by atoms with Crippen LogP contribution in [0, 0.1) is 22.0 Å². The van der Waals surface area contributed by atoms with Crippen molar-refractivity contribution in [2.45, 2.75) is 0 Å². The molecule has 78 valence electrons. The van der Waals surface area contributed by atoms with Gasteiger partial charge in [0.25, 0.3) is 5.69 Å². The standard InChI is InChI=1S/C10H11N3O2/c1-12-6-2-3-8-7-9(13(14)15)4-5-10(8)11/h4-5,7,12H,6,11H2,1H3. The van der Waals surface area contributed by atoms with Crippen LogP contribution in [-0.4, -0.2) is 18.5 Å². The molecule has 0 fully saturated rings. The second-order valence-corrected chi connectivity index (χ2v) is 2.86. The lowest BCUT2D eigenvalue weighted by Gasteiger charge is -1.97. The quantitative estimate of drug-likeness (QED) is 0.323. The summed E-state index contributed by atoms with van der Waals surface area (Å²) in [5.74, 6) is 5.56. The maximum absolute atomic E-state index is 10.5. The van der Waals surface area contributed by atoms with Gasteiger partial charge < -0.3 is 11.1 Å². The molecule has 0 aliphatic carbocycles. The summed E-state index contributed by atoms with van der Waals surface area (Å²) in [6.45, 7) is 0.516. The first-order valence-corrected chi connectivity index (χ1v) is 4.32. The first-order valence-electron chi connectivity index (χ1n) is 4.32. The fourth-order valence-corrected chi connectivity index (χ4v) is 0.994. The van der Waals surface area contributed by atoms with E-state index in [0.717, 1.165) is 0 Å². The van der Waals surface area contributed by atoms with E-state index in [1.165, 1.54) is 18.2 Å². The Morgan fingerprint density at radius 2 is 2.33 bits per heavy atom. The van der Waals surface area contributed by atoms with Gasteiger partial charge in [-0.1, -0.05) is 11.8 Å². The number of benzene rings is 1. The second kappa shape index (κ2) is 4.98. The van der Waals surface area contributed by atoms with Crippen LogP contribution in [0.25, 0.3) is 0 Å². The van der Waals surface area contributed by atoms with Crippen LogP contribution in [0.4, 0.5) is 11.4 Å². The van der Waals surface area contributed by atoms with Crippen molar-refractivity contribution in [3.05, 3.63) is 33.9 Å². The zero-order chi connectivity index (χ0) is 11.3. The minimum Gasteiger partial charge on any atom is -0.398 e. The molecule has 0 saturated carbocycles. The zero-order valence-corrected chi connectivity index (χ0v) is 8.28. The normalized spacial score (nSPS) is 9.13. The van der Waals surface area contributed by atoms with Gasteiger partial charge >= 0.3 is 0 Å². The van der Waals surface area contributed by atoms with Crippen LogP contribution in [0.1, 0.15) is 5.56 Å². The summed E-state index contributed by atoms with van der Waals surface area (Å²) in [5, 5.41) is 13.3. The van der Waals surface area contributed by atoms with E-state index in [1.807, 2.05) is 0 Å². The van der Waals surface area contributed by atoms with E-state index in [1.54, 1.807) is 7.05 Å². The molecule has 0 radical (unpaired) electrons. The van der Waals surface area contributed by atoms with Gasteiger partial charge in [-0.25, -0.2) is 0 Å². The molecule has 1 aromatic carbocycles. The number of hydrogen-bond acceptors (Lipinski definition) is 4. The average Bonchev–Trinajstić information content (AvgIpc) is 2.20. The van der Waals surface area contributed by atoms with Gasteiger partial charge in [0.1, 0.15) is 0 Å². The van der Waals surface area contributed by atoms with Gasteiger partial charge in [0, 0.05) is 17.8 Å². The maximum Gasteiger partial charge on any atom is 0.270 e. The lowest BCUT2D eigenvalue weighted by atomic mass is 10.1. The number of nitro groups is 1. The molecular formula is C10H11N3O2. The van der Waals surface area contributed by atoms with E-state index < -0.39 is 4.92 Å². The number of non-ortho nitro benzene ring substituents is 1. The SMILES string of the molecule is CNCC#Cc1cc([N+](=O)[O-])ccc1N. The first kappa shape index (κ1) is 11.0. The van der Waals surface area contributed by atoms with Gasteiger partial charge in [-0.05, 0) is 13.1 Å². The van der Waals surface area contributed by atoms with Gasteiger partial charge in [-0.15, -0.1) is 0 Å². The number of hydrogen-bond donors (Lipinski definition) is 2. The van der Waals surface area contributed by atoms with E-state index >= 15 is 0 Å². The summed E-state index contributed by atoms with van der Waals surface area (Å²) < 4.78 is 0. The van der Waals surface area contributed by atoms with Crippen molar-refractivity contribution in [1.29, 1.82) is 0 Å². The summed E-state index contributed by atoms with van der Waals surface area (Å²) in [4.78, 5) is 10.0. The Morgan fingerprint density at radius 1 is 1.60 bits per heavy atom. The average molecular weight is 205 g/mol. The Hall–Kier alpha value is -2.06. The number of nitro benzene ring substituents is 1. The zero-order valence-electron chi connectivity index (χ0n) is 8.28. The van der Waals surface area contributed by atoms with Crippen LogP contribution in [0.3, 0.4) is 0 Å². The minimum absolute atomic E-state index is 0.00189. The summed E-state index contributed by atoms with van der Waals surface area (Å²) in [6.07, 6.45) is 0. The molecule has 0 heterocycles. The van der Waals surface area contributed by atoms with Gasteiger partial charge in [0.2, 0.25) is 0 Å². The molecule has 15 heavy (non-hydrogen) atoms. The van der Waals surface area contributed by atoms with Crippen LogP contribution < -0.4 is 11.1 Å². The minimum atomic E-state index is -0.470. The van der Waals surface area contributed by atoms with Gasteiger partial charge in [-0.2, -0.15) is 0 Å². The number of rotatable bonds is 2. The summed E-state index contributed by atoms with van der Waals surface area (Å²) in [6, 6.07) is 4.22. The highest BCUT2D eigenvalue weighted by Crippen LogP contribution is 2.18. The highest BCUT2D eigenvalue weighted by molar-refractivity contribution is 5.60. The van der Waals surface area contributed by atoms with E-state index in [4.69, 9.17) is 5.73 Å². The maximum atomic E-state index is 10.5. The first-order chi connectivity index (χ1) is 7.15. The molecule has 5 heteroatoms. The monoisotopic (exact) mass is 205 g/mol. The predicted octanol–water partition coefficient (Wildman–Crippen LogP) is 0.748. The number of nitrogen functional groups attached to an aromatic ring is 1. The Labute approximate surface area is 87.4 Å². The fourth-order valence-electron chi connectivity index (χ4n) is 0.994. The van der Waals surface area contributed by atoms with Gasteiger partial charge in [-0.3, -0.25) is 10.1 Å². The van der Waals surface area contributed by atoms with Crippen LogP contribution in [-0.2, 0) is 0 Å². The van der Waals surface area contributed by atoms with Gasteiger partial charge in [0.15, 0.2) is 0 Å². The molecule has 0 amide bonds. The predicted molar refractivity (Wildman–Crippen MR) is 58.3 cm³/mol. The number of nitrogens with two attached hydrogens (primary N) is 1. The topological polar surface area (TPSA) is 81.2 Å². The molecule has 5 nitrogen and oxygen atoms in total. The van der Waals surface area contributed by atoms with Crippen molar-refractivity contribution in [2.24, 2.45) is 0 Å². The second-order valence-electron chi connectivity index (χ2n) is 2.86. The highest BCUT2D eigenvalue weighted by Gasteiger charge is 2.06. The Kier molecular flexibility index (Phi) is 3.66. The molecule has 0 bridgehead atoms. The molecule has 0 aliphatic heterocycles. The van der Waals surface area contributed by atoms with Crippen molar-refractivity contribution in [3.63, 3.8) is 0 Å². The molecular weight excluding hydrogens is 194 g/mol. The van der Waals surface area contributed by atoms with Crippen molar-refractivity contribution in [2.75, 3.05) is 19.3 Å². The Morgan fingerprint density at radius 3 is 2.93 bits per heavy atom. The number of anilines is 1. The van der Waals surface area contributed by atoms with Crippen LogP contribution in [0.15, 0.2) is 18.2 Å². The molecule has 0 aromatic heterocycles. The van der Waals surface area contributed by atoms with E-state index in [9.17, 15) is 10.1 Å². The number of nitrogens with zero attached hydrogens (tertiary/aromatic N) is 1. The van der Waals surface area contributed by atoms with E-state index in [0.29, 0.717) is 17.8 Å². The molecule has 3 N–H and O–H groups in total. The largest absolute Gasteiger partial charge is 0.398 e. The van der Waals surface area contributed by atoms with Crippen LogP contribution in [0.5, 0.6) is 0 Å². The van der Waals surface area contributed by atoms with Crippen molar-refractivity contribution < 1.29 is 4.92 Å². The lowest BCUT2D eigenvalue weighted by Crippen LogP contribution is -2.04. The van der Waals surface area contributed by atoms with Crippen molar-refractivity contribution in [1.82, 2.24) is 5.32 Å². The van der Waals surface area contributed by atoms with Crippen LogP contribution in [0.2, 0.25) is 0 Å². The van der Waals surface area contributed by atoms with E-state index in [-0.39, 0.29) is 5.69 Å². The third-order valence-electron chi connectivity index (χ3n) is 1.74. The molecule has 1 aromatic rings. The molecule has 0 spiro atoms. The molecule has 1 rings (SSSR count). The molecule has 0 atom stereocenters. The van der Waals surface area contributed by atoms with Gasteiger partial charge in [0.05, 0.1) is 17.0 Å². The summed E-state index contributed by atoms with van der Waals surface area (Å²) in [5.41, 5.74) is 6.56. The summed E-state index contributed by atoms with van der Waals surface area (Å²) >= 11 is 0. The Balaban J connectivity index is 3.02. The smallest absolute Gasteiger partial charge is 0.270 e. The van der Waals surface area contributed by atoms with Crippen LogP contribution >= 0.6 is 0 Å². The third-order valence-corrected chi connectivity index (χ3v) is 1.74. The lowest BCUT2D eigenvalue weighted by molar-refractivity contribution is -0.384. The fraction of sp³-hybridized carbons (Fsp3) is 0.200. The third kappa shape index (κ3) is 2.97. The Bertz CT molecular complexity index is 432. The number of nitrogens with one attached hydrogen (secondary N) is 1. The van der Waals surface area contributed by atoms with Crippen molar-refractivity contribution in [3.8, 4) is 11.8 Å². The summed E-state index contributed by atoms with van der Waals surface area (Å²) in [7, 11) is 1.77. The highest BCUT2D eigenvalue weighted by atomic mass is 16.6.